The molecule has 0 spiro atoms. The predicted octanol–water partition coefficient (Wildman–Crippen LogP) is 3.89. The first kappa shape index (κ1) is 20.0. The van der Waals surface area contributed by atoms with Crippen LogP contribution in [0.2, 0.25) is 0 Å². The third-order valence-corrected chi connectivity index (χ3v) is 7.35. The number of rotatable bonds is 4. The number of halogens is 1. The molecule has 0 radical (unpaired) electrons. The SMILES string of the molecule is Cc1cccnc1C1CCCN1Cc1nc2cccc(N3CCN(C)CC3)n2c1Br. The van der Waals surface area contributed by atoms with E-state index in [1.807, 2.05) is 12.3 Å². The van der Waals surface area contributed by atoms with E-state index < -0.39 is 0 Å². The molecule has 2 saturated heterocycles. The van der Waals surface area contributed by atoms with Crippen molar-refractivity contribution in [2.45, 2.75) is 32.4 Å². The summed E-state index contributed by atoms with van der Waals surface area (Å²) >= 11 is 3.90. The van der Waals surface area contributed by atoms with Crippen LogP contribution in [-0.2, 0) is 6.54 Å². The summed E-state index contributed by atoms with van der Waals surface area (Å²) in [6.07, 6.45) is 4.29. The average Bonchev–Trinajstić information content (AvgIpc) is 3.34. The number of likely N-dealkylation sites (tertiary alicyclic amines) is 1. The third-order valence-electron chi connectivity index (χ3n) is 6.54. The van der Waals surface area contributed by atoms with Gasteiger partial charge in [-0.1, -0.05) is 12.1 Å². The van der Waals surface area contributed by atoms with Crippen LogP contribution in [0.3, 0.4) is 0 Å². The molecule has 30 heavy (non-hydrogen) atoms. The molecule has 0 aliphatic carbocycles. The van der Waals surface area contributed by atoms with Crippen LogP contribution in [0.25, 0.3) is 5.65 Å². The third kappa shape index (κ3) is 3.63. The van der Waals surface area contributed by atoms with Crippen LogP contribution in [-0.4, -0.2) is 63.9 Å². The second-order valence-corrected chi connectivity index (χ2v) is 9.30. The molecule has 2 fully saturated rings. The van der Waals surface area contributed by atoms with Crippen molar-refractivity contribution < 1.29 is 0 Å². The minimum Gasteiger partial charge on any atom is -0.355 e. The monoisotopic (exact) mass is 468 g/mol. The lowest BCUT2D eigenvalue weighted by Gasteiger charge is -2.34. The van der Waals surface area contributed by atoms with E-state index in [0.29, 0.717) is 6.04 Å². The van der Waals surface area contributed by atoms with Crippen molar-refractivity contribution in [1.82, 2.24) is 24.2 Å². The highest BCUT2D eigenvalue weighted by Crippen LogP contribution is 2.35. The molecular formula is C23H29BrN6. The second-order valence-electron chi connectivity index (χ2n) is 8.55. The van der Waals surface area contributed by atoms with E-state index in [4.69, 9.17) is 9.97 Å². The Labute approximate surface area is 186 Å². The summed E-state index contributed by atoms with van der Waals surface area (Å²) in [5, 5.41) is 0. The second kappa shape index (κ2) is 8.29. The molecule has 0 saturated carbocycles. The summed E-state index contributed by atoms with van der Waals surface area (Å²) in [4.78, 5) is 17.1. The van der Waals surface area contributed by atoms with E-state index in [9.17, 15) is 0 Å². The van der Waals surface area contributed by atoms with E-state index in [-0.39, 0.29) is 0 Å². The number of pyridine rings is 2. The van der Waals surface area contributed by atoms with Crippen LogP contribution in [0.15, 0.2) is 41.1 Å². The summed E-state index contributed by atoms with van der Waals surface area (Å²) in [5.74, 6) is 1.23. The fourth-order valence-electron chi connectivity index (χ4n) is 4.84. The Hall–Kier alpha value is -1.96. The first-order valence-corrected chi connectivity index (χ1v) is 11.7. The molecule has 0 bridgehead atoms. The molecule has 1 unspecified atom stereocenters. The molecule has 7 heteroatoms. The van der Waals surface area contributed by atoms with Crippen LogP contribution in [0.4, 0.5) is 5.82 Å². The molecule has 3 aromatic rings. The standard InChI is InChI=1S/C23H29BrN6/c1-17-6-4-10-25-22(17)19-7-5-11-29(19)16-18-23(24)30-20(26-18)8-3-9-21(30)28-14-12-27(2)13-15-28/h3-4,6,8-10,19H,5,7,11-16H2,1-2H3. The molecule has 0 N–H and O–H groups in total. The topological polar surface area (TPSA) is 39.9 Å². The molecule has 5 rings (SSSR count). The molecule has 0 aromatic carbocycles. The number of imidazole rings is 1. The first-order chi connectivity index (χ1) is 14.6. The maximum atomic E-state index is 5.01. The number of hydrogen-bond acceptors (Lipinski definition) is 5. The lowest BCUT2D eigenvalue weighted by Crippen LogP contribution is -2.45. The maximum absolute atomic E-state index is 5.01. The highest BCUT2D eigenvalue weighted by atomic mass is 79.9. The van der Waals surface area contributed by atoms with Gasteiger partial charge in [0.2, 0.25) is 0 Å². The predicted molar refractivity (Wildman–Crippen MR) is 124 cm³/mol. The Morgan fingerprint density at radius 3 is 2.70 bits per heavy atom. The normalized spacial score (nSPS) is 21.0. The van der Waals surface area contributed by atoms with Gasteiger partial charge in [-0.25, -0.2) is 4.98 Å². The van der Waals surface area contributed by atoms with Crippen molar-refractivity contribution in [2.75, 3.05) is 44.7 Å². The lowest BCUT2D eigenvalue weighted by molar-refractivity contribution is 0.240. The molecule has 2 aliphatic rings. The van der Waals surface area contributed by atoms with Gasteiger partial charge >= 0.3 is 0 Å². The highest BCUT2D eigenvalue weighted by Gasteiger charge is 2.30. The van der Waals surface area contributed by atoms with Gasteiger partial charge in [0.15, 0.2) is 0 Å². The number of nitrogens with zero attached hydrogens (tertiary/aromatic N) is 6. The minimum absolute atomic E-state index is 0.375. The summed E-state index contributed by atoms with van der Waals surface area (Å²) in [5.41, 5.74) is 4.61. The maximum Gasteiger partial charge on any atom is 0.139 e. The zero-order valence-electron chi connectivity index (χ0n) is 17.8. The fraction of sp³-hybridized carbons (Fsp3) is 0.478. The molecular weight excluding hydrogens is 440 g/mol. The van der Waals surface area contributed by atoms with Crippen LogP contribution < -0.4 is 4.90 Å². The van der Waals surface area contributed by atoms with Crippen molar-refractivity contribution in [2.24, 2.45) is 0 Å². The summed E-state index contributed by atoms with van der Waals surface area (Å²) in [6.45, 7) is 8.37. The Balaban J connectivity index is 1.45. The van der Waals surface area contributed by atoms with Crippen LogP contribution >= 0.6 is 15.9 Å². The van der Waals surface area contributed by atoms with Crippen molar-refractivity contribution in [1.29, 1.82) is 0 Å². The summed E-state index contributed by atoms with van der Waals surface area (Å²) < 4.78 is 3.35. The highest BCUT2D eigenvalue weighted by molar-refractivity contribution is 9.10. The number of piperazine rings is 1. The van der Waals surface area contributed by atoms with E-state index in [0.717, 1.165) is 61.6 Å². The smallest absolute Gasteiger partial charge is 0.139 e. The van der Waals surface area contributed by atoms with Gasteiger partial charge in [0, 0.05) is 38.9 Å². The van der Waals surface area contributed by atoms with Gasteiger partial charge < -0.3 is 9.80 Å². The van der Waals surface area contributed by atoms with E-state index in [1.54, 1.807) is 0 Å². The number of aromatic nitrogens is 3. The Morgan fingerprint density at radius 2 is 1.90 bits per heavy atom. The zero-order valence-corrected chi connectivity index (χ0v) is 19.3. The summed E-state index contributed by atoms with van der Waals surface area (Å²) in [6, 6.07) is 11.0. The van der Waals surface area contributed by atoms with Gasteiger partial charge in [-0.2, -0.15) is 0 Å². The molecule has 3 aromatic heterocycles. The van der Waals surface area contributed by atoms with Gasteiger partial charge in [0.1, 0.15) is 16.1 Å². The van der Waals surface area contributed by atoms with Crippen LogP contribution in [0.5, 0.6) is 0 Å². The van der Waals surface area contributed by atoms with Gasteiger partial charge in [-0.15, -0.1) is 0 Å². The lowest BCUT2D eigenvalue weighted by atomic mass is 10.1. The van der Waals surface area contributed by atoms with E-state index in [1.165, 1.54) is 23.5 Å². The van der Waals surface area contributed by atoms with Crippen molar-refractivity contribution in [3.8, 4) is 0 Å². The molecule has 0 amide bonds. The molecule has 1 atom stereocenters. The van der Waals surface area contributed by atoms with Crippen molar-refractivity contribution in [3.63, 3.8) is 0 Å². The number of anilines is 1. The molecule has 158 valence electrons. The Morgan fingerprint density at radius 1 is 1.07 bits per heavy atom. The summed E-state index contributed by atoms with van der Waals surface area (Å²) in [7, 11) is 2.19. The van der Waals surface area contributed by atoms with Gasteiger partial charge in [0.05, 0.1) is 17.4 Å². The van der Waals surface area contributed by atoms with Gasteiger partial charge in [0.25, 0.3) is 0 Å². The Kier molecular flexibility index (Phi) is 5.52. The van der Waals surface area contributed by atoms with E-state index in [2.05, 4.69) is 73.3 Å². The Bertz CT molecular complexity index is 1040. The number of fused-ring (bicyclic) bond motifs is 1. The number of likely N-dealkylation sites (N-methyl/N-ethyl adjacent to an activating group) is 1. The molecule has 2 aliphatic heterocycles. The zero-order chi connectivity index (χ0) is 20.7. The van der Waals surface area contributed by atoms with E-state index >= 15 is 0 Å². The van der Waals surface area contributed by atoms with Crippen LogP contribution in [0, 0.1) is 6.92 Å². The largest absolute Gasteiger partial charge is 0.355 e. The molecule has 6 nitrogen and oxygen atoms in total. The minimum atomic E-state index is 0.375. The first-order valence-electron chi connectivity index (χ1n) is 10.9. The fourth-order valence-corrected chi connectivity index (χ4v) is 5.41. The van der Waals surface area contributed by atoms with Gasteiger partial charge in [-0.3, -0.25) is 14.3 Å². The quantitative estimate of drug-likeness (QED) is 0.580. The van der Waals surface area contributed by atoms with Crippen molar-refractivity contribution >= 4 is 27.4 Å². The average molecular weight is 469 g/mol. The number of aryl methyl sites for hydroxylation is 1. The van der Waals surface area contributed by atoms with Gasteiger partial charge in [-0.05, 0) is 73.1 Å². The molecule has 5 heterocycles. The van der Waals surface area contributed by atoms with Crippen molar-refractivity contribution in [3.05, 3.63) is 58.1 Å². The van der Waals surface area contributed by atoms with Crippen LogP contribution in [0.1, 0.15) is 35.8 Å². The number of hydrogen-bond donors (Lipinski definition) is 0.